The first-order chi connectivity index (χ1) is 10.2. The Morgan fingerprint density at radius 2 is 1.95 bits per heavy atom. The van der Waals surface area contributed by atoms with Crippen LogP contribution in [0.15, 0.2) is 36.4 Å². The van der Waals surface area contributed by atoms with Crippen molar-refractivity contribution >= 4 is 17.7 Å². The summed E-state index contributed by atoms with van der Waals surface area (Å²) in [5.74, 6) is -0.575. The van der Waals surface area contributed by atoms with E-state index in [0.717, 1.165) is 18.5 Å². The van der Waals surface area contributed by atoms with Gasteiger partial charge in [0, 0.05) is 19.0 Å². The fraction of sp³-hybridized carbons (Fsp3) is 0.267. The van der Waals surface area contributed by atoms with Gasteiger partial charge < -0.3 is 5.11 Å². The second kappa shape index (κ2) is 5.40. The van der Waals surface area contributed by atoms with Crippen molar-refractivity contribution in [2.45, 2.75) is 19.3 Å². The Morgan fingerprint density at radius 1 is 1.19 bits per heavy atom. The van der Waals surface area contributed by atoms with Gasteiger partial charge in [-0.1, -0.05) is 18.2 Å². The zero-order chi connectivity index (χ0) is 14.8. The number of aromatic carboxylic acids is 1. The third-order valence-corrected chi connectivity index (χ3v) is 3.51. The maximum absolute atomic E-state index is 12.1. The molecule has 0 unspecified atom stereocenters. The fourth-order valence-corrected chi connectivity index (χ4v) is 2.48. The first-order valence-electron chi connectivity index (χ1n) is 6.86. The lowest BCUT2D eigenvalue weighted by Crippen LogP contribution is -2.36. The number of rotatable bonds is 3. The van der Waals surface area contributed by atoms with E-state index >= 15 is 0 Å². The predicted octanol–water partition coefficient (Wildman–Crippen LogP) is 2.09. The van der Waals surface area contributed by atoms with Crippen LogP contribution in [0.25, 0.3) is 5.69 Å². The average molecular weight is 285 g/mol. The number of carboxylic acids is 1. The topological polar surface area (TPSA) is 75.4 Å². The minimum Gasteiger partial charge on any atom is -0.476 e. The molecule has 0 bridgehead atoms. The molecule has 0 atom stereocenters. The molecule has 0 radical (unpaired) electrons. The minimum absolute atomic E-state index is 0.00951. The number of amides is 1. The predicted molar refractivity (Wildman–Crippen MR) is 76.7 cm³/mol. The van der Waals surface area contributed by atoms with Crippen LogP contribution >= 0.6 is 0 Å². The number of aromatic nitrogens is 2. The highest BCUT2D eigenvalue weighted by molar-refractivity contribution is 5.95. The zero-order valence-electron chi connectivity index (χ0n) is 11.4. The van der Waals surface area contributed by atoms with Crippen molar-refractivity contribution in [2.75, 3.05) is 11.4 Å². The summed E-state index contributed by atoms with van der Waals surface area (Å²) in [6.45, 7) is 0.594. The number of para-hydroxylation sites is 1. The highest BCUT2D eigenvalue weighted by Gasteiger charge is 2.25. The smallest absolute Gasteiger partial charge is 0.356 e. The second-order valence-corrected chi connectivity index (χ2v) is 4.94. The van der Waals surface area contributed by atoms with Crippen LogP contribution in [-0.4, -0.2) is 33.3 Å². The molecule has 2 aromatic rings. The van der Waals surface area contributed by atoms with Gasteiger partial charge in [0.15, 0.2) is 5.69 Å². The molecule has 0 aliphatic carbocycles. The quantitative estimate of drug-likeness (QED) is 0.937. The van der Waals surface area contributed by atoms with Gasteiger partial charge in [0.05, 0.1) is 5.69 Å². The number of carbonyl (C=O) groups is 2. The molecule has 1 fully saturated rings. The Balaban J connectivity index is 2.09. The van der Waals surface area contributed by atoms with E-state index in [1.807, 2.05) is 30.3 Å². The molecule has 3 rings (SSSR count). The first kappa shape index (κ1) is 13.4. The number of hydrogen-bond donors (Lipinski definition) is 1. The van der Waals surface area contributed by atoms with Gasteiger partial charge in [-0.2, -0.15) is 5.10 Å². The Hall–Kier alpha value is -2.63. The normalized spacial score (nSPS) is 15.2. The summed E-state index contributed by atoms with van der Waals surface area (Å²) in [7, 11) is 0. The second-order valence-electron chi connectivity index (χ2n) is 4.94. The summed E-state index contributed by atoms with van der Waals surface area (Å²) in [5, 5.41) is 13.3. The van der Waals surface area contributed by atoms with Crippen molar-refractivity contribution in [1.82, 2.24) is 9.78 Å². The van der Waals surface area contributed by atoms with E-state index in [1.54, 1.807) is 4.90 Å². The van der Waals surface area contributed by atoms with Crippen LogP contribution in [0.5, 0.6) is 0 Å². The van der Waals surface area contributed by atoms with Gasteiger partial charge >= 0.3 is 5.97 Å². The summed E-state index contributed by atoms with van der Waals surface area (Å²) in [4.78, 5) is 24.9. The van der Waals surface area contributed by atoms with Crippen molar-refractivity contribution < 1.29 is 14.7 Å². The Labute approximate surface area is 121 Å². The molecule has 108 valence electrons. The van der Waals surface area contributed by atoms with Crippen molar-refractivity contribution in [3.05, 3.63) is 42.1 Å². The molecule has 6 nitrogen and oxygen atoms in total. The molecule has 1 amide bonds. The molecule has 2 heterocycles. The molecule has 21 heavy (non-hydrogen) atoms. The molecular weight excluding hydrogens is 270 g/mol. The number of carboxylic acid groups (broad SMARTS) is 1. The standard InChI is InChI=1S/C15H15N3O3/c19-14-8-4-5-9-17(14)13-10-12(15(20)21)16-18(13)11-6-2-1-3-7-11/h1-3,6-7,10H,4-5,8-9H2,(H,20,21). The molecule has 0 saturated carbocycles. The van der Waals surface area contributed by atoms with Gasteiger partial charge in [0.1, 0.15) is 5.82 Å². The molecule has 1 aliphatic heterocycles. The molecule has 1 aromatic carbocycles. The summed E-state index contributed by atoms with van der Waals surface area (Å²) < 4.78 is 1.52. The minimum atomic E-state index is -1.10. The number of anilines is 1. The highest BCUT2D eigenvalue weighted by atomic mass is 16.4. The van der Waals surface area contributed by atoms with Crippen LogP contribution in [0, 0.1) is 0 Å². The number of carbonyl (C=O) groups excluding carboxylic acids is 1. The molecular formula is C15H15N3O3. The third-order valence-electron chi connectivity index (χ3n) is 3.51. The molecule has 1 N–H and O–H groups in total. The SMILES string of the molecule is O=C(O)c1cc(N2CCCCC2=O)n(-c2ccccc2)n1. The zero-order valence-corrected chi connectivity index (χ0v) is 11.4. The van der Waals surface area contributed by atoms with Gasteiger partial charge in [0.25, 0.3) is 0 Å². The number of benzene rings is 1. The van der Waals surface area contributed by atoms with E-state index in [1.165, 1.54) is 10.7 Å². The van der Waals surface area contributed by atoms with Gasteiger partial charge in [-0.25, -0.2) is 9.48 Å². The number of hydrogen-bond acceptors (Lipinski definition) is 3. The maximum Gasteiger partial charge on any atom is 0.356 e. The van der Waals surface area contributed by atoms with Gasteiger partial charge in [-0.3, -0.25) is 9.69 Å². The van der Waals surface area contributed by atoms with Crippen LogP contribution in [0.3, 0.4) is 0 Å². The van der Waals surface area contributed by atoms with E-state index in [-0.39, 0.29) is 11.6 Å². The summed E-state index contributed by atoms with van der Waals surface area (Å²) in [5.41, 5.74) is 0.672. The Kier molecular flexibility index (Phi) is 3.43. The summed E-state index contributed by atoms with van der Waals surface area (Å²) in [6, 6.07) is 10.7. The lowest BCUT2D eigenvalue weighted by Gasteiger charge is -2.26. The van der Waals surface area contributed by atoms with E-state index in [2.05, 4.69) is 5.10 Å². The van der Waals surface area contributed by atoms with E-state index in [0.29, 0.717) is 18.8 Å². The monoisotopic (exact) mass is 285 g/mol. The van der Waals surface area contributed by atoms with Gasteiger partial charge in [-0.15, -0.1) is 0 Å². The Morgan fingerprint density at radius 3 is 2.62 bits per heavy atom. The fourth-order valence-electron chi connectivity index (χ4n) is 2.48. The number of nitrogens with zero attached hydrogens (tertiary/aromatic N) is 3. The Bertz CT molecular complexity index is 679. The lowest BCUT2D eigenvalue weighted by molar-refractivity contribution is -0.119. The van der Waals surface area contributed by atoms with Gasteiger partial charge in [-0.05, 0) is 25.0 Å². The largest absolute Gasteiger partial charge is 0.476 e. The molecule has 6 heteroatoms. The van der Waals surface area contributed by atoms with E-state index in [9.17, 15) is 9.59 Å². The number of piperidine rings is 1. The lowest BCUT2D eigenvalue weighted by atomic mass is 10.1. The highest BCUT2D eigenvalue weighted by Crippen LogP contribution is 2.25. The average Bonchev–Trinajstić information content (AvgIpc) is 2.94. The summed E-state index contributed by atoms with van der Waals surface area (Å²) in [6.07, 6.45) is 2.27. The molecule has 1 saturated heterocycles. The van der Waals surface area contributed by atoms with Crippen LogP contribution in [-0.2, 0) is 4.79 Å². The van der Waals surface area contributed by atoms with E-state index in [4.69, 9.17) is 5.11 Å². The van der Waals surface area contributed by atoms with Crippen LogP contribution < -0.4 is 4.90 Å². The first-order valence-corrected chi connectivity index (χ1v) is 6.86. The third kappa shape index (κ3) is 2.52. The van der Waals surface area contributed by atoms with Crippen molar-refractivity contribution in [3.63, 3.8) is 0 Å². The van der Waals surface area contributed by atoms with Crippen LogP contribution in [0.1, 0.15) is 29.8 Å². The van der Waals surface area contributed by atoms with Crippen molar-refractivity contribution in [1.29, 1.82) is 0 Å². The molecule has 1 aliphatic rings. The van der Waals surface area contributed by atoms with Crippen molar-refractivity contribution in [3.8, 4) is 5.69 Å². The van der Waals surface area contributed by atoms with Gasteiger partial charge in [0.2, 0.25) is 5.91 Å². The maximum atomic E-state index is 12.1. The van der Waals surface area contributed by atoms with Crippen LogP contribution in [0.4, 0.5) is 5.82 Å². The molecule has 0 spiro atoms. The van der Waals surface area contributed by atoms with E-state index < -0.39 is 5.97 Å². The summed E-state index contributed by atoms with van der Waals surface area (Å²) >= 11 is 0. The van der Waals surface area contributed by atoms with Crippen molar-refractivity contribution in [2.24, 2.45) is 0 Å². The van der Waals surface area contributed by atoms with Crippen LogP contribution in [0.2, 0.25) is 0 Å². The molecule has 1 aromatic heterocycles.